The number of carbonyl (C=O) groups excluding carboxylic acids is 1. The zero-order valence-corrected chi connectivity index (χ0v) is 10.7. The van der Waals surface area contributed by atoms with Crippen molar-refractivity contribution in [3.8, 4) is 0 Å². The van der Waals surface area contributed by atoms with E-state index < -0.39 is 10.9 Å². The molecule has 0 saturated carbocycles. The first kappa shape index (κ1) is 12.1. The molecule has 0 aliphatic carbocycles. The van der Waals surface area contributed by atoms with E-state index in [4.69, 9.17) is 0 Å². The SMILES string of the molecule is COC(=O)c1ccc([N+](=O)[O-])c(Br)c1Br. The van der Waals surface area contributed by atoms with Crippen LogP contribution in [0.2, 0.25) is 0 Å². The fraction of sp³-hybridized carbons (Fsp3) is 0.125. The van der Waals surface area contributed by atoms with Crippen LogP contribution < -0.4 is 0 Å². The van der Waals surface area contributed by atoms with E-state index in [-0.39, 0.29) is 15.7 Å². The number of nitrogens with zero attached hydrogens (tertiary/aromatic N) is 1. The second kappa shape index (κ2) is 4.71. The Balaban J connectivity index is 3.33. The van der Waals surface area contributed by atoms with Gasteiger partial charge in [-0.25, -0.2) is 4.79 Å². The first-order valence-electron chi connectivity index (χ1n) is 3.69. The summed E-state index contributed by atoms with van der Waals surface area (Å²) in [5, 5.41) is 10.6. The summed E-state index contributed by atoms with van der Waals surface area (Å²) < 4.78 is 5.04. The molecule has 80 valence electrons. The van der Waals surface area contributed by atoms with Crippen molar-refractivity contribution in [2.45, 2.75) is 0 Å². The normalized spacial score (nSPS) is 9.80. The number of esters is 1. The van der Waals surface area contributed by atoms with Crippen LogP contribution in [0.15, 0.2) is 21.1 Å². The lowest BCUT2D eigenvalue weighted by Gasteiger charge is -2.04. The fourth-order valence-electron chi connectivity index (χ4n) is 0.948. The Morgan fingerprint density at radius 3 is 2.47 bits per heavy atom. The number of nitro benzene ring substituents is 1. The Hall–Kier alpha value is -0.950. The van der Waals surface area contributed by atoms with Crippen LogP contribution in [0.3, 0.4) is 0 Å². The maximum atomic E-state index is 11.2. The van der Waals surface area contributed by atoms with Gasteiger partial charge < -0.3 is 4.74 Å². The molecular formula is C8H5Br2NO4. The van der Waals surface area contributed by atoms with Gasteiger partial charge in [0.25, 0.3) is 5.69 Å². The van der Waals surface area contributed by atoms with Crippen molar-refractivity contribution in [3.05, 3.63) is 36.8 Å². The summed E-state index contributed by atoms with van der Waals surface area (Å²) in [4.78, 5) is 21.2. The number of nitro groups is 1. The summed E-state index contributed by atoms with van der Waals surface area (Å²) in [7, 11) is 1.24. The van der Waals surface area contributed by atoms with Crippen molar-refractivity contribution in [1.29, 1.82) is 0 Å². The zero-order valence-electron chi connectivity index (χ0n) is 7.49. The lowest BCUT2D eigenvalue weighted by Crippen LogP contribution is -2.03. The summed E-state index contributed by atoms with van der Waals surface area (Å²) in [6, 6.07) is 2.57. The smallest absolute Gasteiger partial charge is 0.339 e. The molecule has 1 rings (SSSR count). The molecule has 0 aliphatic heterocycles. The summed E-state index contributed by atoms with van der Waals surface area (Å²) in [5.74, 6) is -0.558. The molecule has 0 saturated heterocycles. The van der Waals surface area contributed by atoms with Crippen molar-refractivity contribution < 1.29 is 14.5 Å². The van der Waals surface area contributed by atoms with Gasteiger partial charge in [0.05, 0.1) is 22.1 Å². The molecule has 0 aliphatic rings. The van der Waals surface area contributed by atoms with Crippen LogP contribution in [0, 0.1) is 10.1 Å². The quantitative estimate of drug-likeness (QED) is 0.472. The van der Waals surface area contributed by atoms with Crippen LogP contribution in [0.5, 0.6) is 0 Å². The summed E-state index contributed by atoms with van der Waals surface area (Å²) in [6.45, 7) is 0. The molecule has 0 amide bonds. The van der Waals surface area contributed by atoms with Crippen LogP contribution in [0.4, 0.5) is 5.69 Å². The van der Waals surface area contributed by atoms with Gasteiger partial charge >= 0.3 is 5.97 Å². The third kappa shape index (κ3) is 2.35. The minimum absolute atomic E-state index is 0.116. The molecule has 1 aromatic rings. The number of benzene rings is 1. The van der Waals surface area contributed by atoms with Gasteiger partial charge in [0, 0.05) is 6.07 Å². The van der Waals surface area contributed by atoms with E-state index in [9.17, 15) is 14.9 Å². The lowest BCUT2D eigenvalue weighted by atomic mass is 10.2. The molecular weight excluding hydrogens is 334 g/mol. The number of carbonyl (C=O) groups is 1. The lowest BCUT2D eigenvalue weighted by molar-refractivity contribution is -0.385. The molecule has 0 fully saturated rings. The Labute approximate surface area is 102 Å². The highest BCUT2D eigenvalue weighted by atomic mass is 79.9. The van der Waals surface area contributed by atoms with Gasteiger partial charge in [-0.3, -0.25) is 10.1 Å². The molecule has 0 bridgehead atoms. The van der Waals surface area contributed by atoms with Crippen LogP contribution in [-0.4, -0.2) is 18.0 Å². The van der Waals surface area contributed by atoms with E-state index in [0.717, 1.165) is 0 Å². The standard InChI is InChI=1S/C8H5Br2NO4/c1-15-8(12)4-2-3-5(11(13)14)7(10)6(4)9/h2-3H,1H3. The fourth-order valence-corrected chi connectivity index (χ4v) is 1.94. The van der Waals surface area contributed by atoms with E-state index in [1.165, 1.54) is 19.2 Å². The highest BCUT2D eigenvalue weighted by Crippen LogP contribution is 2.35. The van der Waals surface area contributed by atoms with Crippen LogP contribution in [0.1, 0.15) is 10.4 Å². The third-order valence-corrected chi connectivity index (χ3v) is 3.82. The number of methoxy groups -OCH3 is 1. The summed E-state index contributed by atoms with van der Waals surface area (Å²) >= 11 is 6.12. The Morgan fingerprint density at radius 2 is 2.00 bits per heavy atom. The average Bonchev–Trinajstić information content (AvgIpc) is 2.20. The molecule has 5 nitrogen and oxygen atoms in total. The van der Waals surface area contributed by atoms with Gasteiger partial charge in [0.15, 0.2) is 0 Å². The predicted octanol–water partition coefficient (Wildman–Crippen LogP) is 2.91. The Kier molecular flexibility index (Phi) is 3.81. The van der Waals surface area contributed by atoms with Crippen LogP contribution in [0.25, 0.3) is 0 Å². The van der Waals surface area contributed by atoms with Crippen molar-refractivity contribution in [2.75, 3.05) is 7.11 Å². The van der Waals surface area contributed by atoms with E-state index in [1.807, 2.05) is 0 Å². The van der Waals surface area contributed by atoms with Gasteiger partial charge in [-0.15, -0.1) is 0 Å². The highest BCUT2D eigenvalue weighted by molar-refractivity contribution is 9.13. The molecule has 7 heteroatoms. The van der Waals surface area contributed by atoms with Crippen LogP contribution in [-0.2, 0) is 4.74 Å². The molecule has 0 radical (unpaired) electrons. The Bertz CT molecular complexity index is 433. The molecule has 15 heavy (non-hydrogen) atoms. The molecule has 0 heterocycles. The monoisotopic (exact) mass is 337 g/mol. The van der Waals surface area contributed by atoms with E-state index in [1.54, 1.807) is 0 Å². The van der Waals surface area contributed by atoms with Crippen LogP contribution >= 0.6 is 31.9 Å². The van der Waals surface area contributed by atoms with E-state index in [0.29, 0.717) is 4.47 Å². The van der Waals surface area contributed by atoms with Gasteiger partial charge in [0.2, 0.25) is 0 Å². The number of rotatable bonds is 2. The maximum absolute atomic E-state index is 11.2. The highest BCUT2D eigenvalue weighted by Gasteiger charge is 2.20. The summed E-state index contributed by atoms with van der Waals surface area (Å²) in [6.07, 6.45) is 0. The first-order valence-corrected chi connectivity index (χ1v) is 5.28. The van der Waals surface area contributed by atoms with Gasteiger partial charge in [-0.05, 0) is 37.9 Å². The largest absolute Gasteiger partial charge is 0.465 e. The Morgan fingerprint density at radius 1 is 1.40 bits per heavy atom. The molecule has 0 N–H and O–H groups in total. The second-order valence-corrected chi connectivity index (χ2v) is 4.09. The zero-order chi connectivity index (χ0) is 11.6. The van der Waals surface area contributed by atoms with Gasteiger partial charge in [-0.2, -0.15) is 0 Å². The number of hydrogen-bond donors (Lipinski definition) is 0. The average molecular weight is 339 g/mol. The maximum Gasteiger partial charge on any atom is 0.339 e. The molecule has 1 aromatic carbocycles. The van der Waals surface area contributed by atoms with E-state index >= 15 is 0 Å². The molecule has 0 spiro atoms. The van der Waals surface area contributed by atoms with E-state index in [2.05, 4.69) is 36.6 Å². The first-order chi connectivity index (χ1) is 6.99. The number of halogens is 2. The molecule has 0 unspecified atom stereocenters. The van der Waals surface area contributed by atoms with Gasteiger partial charge in [0.1, 0.15) is 4.47 Å². The van der Waals surface area contributed by atoms with Crippen molar-refractivity contribution in [3.63, 3.8) is 0 Å². The number of ether oxygens (including phenoxy) is 1. The molecule has 0 aromatic heterocycles. The van der Waals surface area contributed by atoms with Crippen molar-refractivity contribution >= 4 is 43.5 Å². The van der Waals surface area contributed by atoms with Gasteiger partial charge in [-0.1, -0.05) is 0 Å². The summed E-state index contributed by atoms with van der Waals surface area (Å²) in [5.41, 5.74) is 0.115. The van der Waals surface area contributed by atoms with Crippen molar-refractivity contribution in [1.82, 2.24) is 0 Å². The number of hydrogen-bond acceptors (Lipinski definition) is 4. The van der Waals surface area contributed by atoms with Crippen molar-refractivity contribution in [2.24, 2.45) is 0 Å². The predicted molar refractivity (Wildman–Crippen MR) is 59.8 cm³/mol. The minimum Gasteiger partial charge on any atom is -0.465 e. The molecule has 0 atom stereocenters. The minimum atomic E-state index is -0.558. The topological polar surface area (TPSA) is 69.4 Å². The third-order valence-electron chi connectivity index (χ3n) is 1.66. The second-order valence-electron chi connectivity index (χ2n) is 2.51.